The fourth-order valence-corrected chi connectivity index (χ4v) is 4.01. The van der Waals surface area contributed by atoms with Gasteiger partial charge in [0.1, 0.15) is 5.60 Å². The third-order valence-electron chi connectivity index (χ3n) is 5.46. The van der Waals surface area contributed by atoms with Crippen LogP contribution in [0.3, 0.4) is 0 Å². The topological polar surface area (TPSA) is 38.8 Å². The van der Waals surface area contributed by atoms with Crippen molar-refractivity contribution in [3.8, 4) is 0 Å². The Balaban J connectivity index is 1.90. The Morgan fingerprint density at radius 2 is 1.51 bits per heavy atom. The highest BCUT2D eigenvalue weighted by Crippen LogP contribution is 2.38. The van der Waals surface area contributed by atoms with Crippen molar-refractivity contribution in [3.63, 3.8) is 0 Å². The second-order valence-corrected chi connectivity index (χ2v) is 9.44. The third-order valence-corrected chi connectivity index (χ3v) is 5.46. The first-order chi connectivity index (χ1) is 16.1. The third kappa shape index (κ3) is 7.13. The number of halogens is 6. The van der Waals surface area contributed by atoms with Crippen molar-refractivity contribution in [2.24, 2.45) is 0 Å². The van der Waals surface area contributed by atoms with E-state index in [1.54, 1.807) is 51.1 Å². The fourth-order valence-electron chi connectivity index (χ4n) is 4.01. The first-order valence-electron chi connectivity index (χ1n) is 11.1. The van der Waals surface area contributed by atoms with E-state index in [-0.39, 0.29) is 11.6 Å². The van der Waals surface area contributed by atoms with Crippen molar-refractivity contribution in [2.75, 3.05) is 6.54 Å². The maximum atomic E-state index is 13.2. The predicted molar refractivity (Wildman–Crippen MR) is 116 cm³/mol. The van der Waals surface area contributed by atoms with E-state index >= 15 is 0 Å². The minimum atomic E-state index is -4.94. The number of hydrogen-bond donors (Lipinski definition) is 0. The Morgan fingerprint density at radius 1 is 0.943 bits per heavy atom. The van der Waals surface area contributed by atoms with Crippen LogP contribution in [0.4, 0.5) is 31.1 Å². The minimum Gasteiger partial charge on any atom is -0.444 e. The number of likely N-dealkylation sites (tertiary alicyclic amines) is 1. The maximum Gasteiger partial charge on any atom is 0.416 e. The molecule has 10 heteroatoms. The van der Waals surface area contributed by atoms with Crippen LogP contribution in [0.1, 0.15) is 61.9 Å². The van der Waals surface area contributed by atoms with E-state index < -0.39 is 53.9 Å². The van der Waals surface area contributed by atoms with Crippen LogP contribution in [0, 0.1) is 0 Å². The molecule has 0 aromatic heterocycles. The number of benzene rings is 2. The predicted octanol–water partition coefficient (Wildman–Crippen LogP) is 7.38. The van der Waals surface area contributed by atoms with Crippen LogP contribution in [0.2, 0.25) is 0 Å². The van der Waals surface area contributed by atoms with Crippen LogP contribution in [-0.4, -0.2) is 29.2 Å². The SMILES string of the molecule is CC(C)(C)OC(=O)N1CCCC(OCc2cc(C(F)(F)F)cc(C(F)(F)F)c2)[C@@H]1c1ccccc1. The second kappa shape index (κ2) is 10.1. The summed E-state index contributed by atoms with van der Waals surface area (Å²) in [6.07, 6.45) is -10.1. The summed E-state index contributed by atoms with van der Waals surface area (Å²) in [7, 11) is 0. The van der Waals surface area contributed by atoms with Gasteiger partial charge in [-0.2, -0.15) is 26.3 Å². The first kappa shape index (κ1) is 26.8. The zero-order valence-corrected chi connectivity index (χ0v) is 19.5. The molecule has 1 aliphatic rings. The average molecular weight is 503 g/mol. The van der Waals surface area contributed by atoms with Crippen molar-refractivity contribution in [1.82, 2.24) is 4.90 Å². The lowest BCUT2D eigenvalue weighted by atomic mass is 9.92. The number of carbonyl (C=O) groups is 1. The van der Waals surface area contributed by atoms with Gasteiger partial charge in [0.25, 0.3) is 0 Å². The Labute approximate surface area is 199 Å². The smallest absolute Gasteiger partial charge is 0.416 e. The molecule has 2 aromatic carbocycles. The summed E-state index contributed by atoms with van der Waals surface area (Å²) in [5.74, 6) is 0. The highest BCUT2D eigenvalue weighted by molar-refractivity contribution is 5.69. The molecule has 2 atom stereocenters. The lowest BCUT2D eigenvalue weighted by Gasteiger charge is -2.41. The second-order valence-electron chi connectivity index (χ2n) is 9.44. The summed E-state index contributed by atoms with van der Waals surface area (Å²) in [6.45, 7) is 5.07. The van der Waals surface area contributed by atoms with Crippen molar-refractivity contribution < 1.29 is 40.6 Å². The molecular weight excluding hydrogens is 476 g/mol. The molecule has 1 amide bonds. The molecule has 0 radical (unpaired) electrons. The molecular formula is C25H27F6NO3. The highest BCUT2D eigenvalue weighted by atomic mass is 19.4. The van der Waals surface area contributed by atoms with Gasteiger partial charge in [-0.05, 0) is 62.9 Å². The molecule has 2 aromatic rings. The van der Waals surface area contributed by atoms with Crippen LogP contribution < -0.4 is 0 Å². The molecule has 0 N–H and O–H groups in total. The van der Waals surface area contributed by atoms with Crippen LogP contribution in [-0.2, 0) is 28.4 Å². The van der Waals surface area contributed by atoms with Crippen LogP contribution >= 0.6 is 0 Å². The molecule has 1 fully saturated rings. The normalized spacial score (nSPS) is 19.5. The number of hydrogen-bond acceptors (Lipinski definition) is 3. The van der Waals surface area contributed by atoms with Crippen molar-refractivity contribution in [2.45, 2.75) is 70.3 Å². The Hall–Kier alpha value is -2.75. The van der Waals surface area contributed by atoms with Crippen LogP contribution in [0.5, 0.6) is 0 Å². The average Bonchev–Trinajstić information content (AvgIpc) is 2.75. The van der Waals surface area contributed by atoms with Gasteiger partial charge >= 0.3 is 18.4 Å². The molecule has 0 spiro atoms. The summed E-state index contributed by atoms with van der Waals surface area (Å²) < 4.78 is 90.8. The zero-order chi connectivity index (χ0) is 26.0. The fraction of sp³-hybridized carbons (Fsp3) is 0.480. The Morgan fingerprint density at radius 3 is 2.03 bits per heavy atom. The van der Waals surface area contributed by atoms with Crippen molar-refractivity contribution in [3.05, 3.63) is 70.8 Å². The number of rotatable bonds is 4. The van der Waals surface area contributed by atoms with E-state index in [9.17, 15) is 31.1 Å². The van der Waals surface area contributed by atoms with Gasteiger partial charge in [-0.1, -0.05) is 30.3 Å². The largest absolute Gasteiger partial charge is 0.444 e. The van der Waals surface area contributed by atoms with E-state index in [0.29, 0.717) is 31.5 Å². The minimum absolute atomic E-state index is 0.0844. The number of carbonyl (C=O) groups excluding carboxylic acids is 1. The monoisotopic (exact) mass is 503 g/mol. The number of nitrogens with zero attached hydrogens (tertiary/aromatic N) is 1. The number of ether oxygens (including phenoxy) is 2. The van der Waals surface area contributed by atoms with Gasteiger partial charge in [0.2, 0.25) is 0 Å². The van der Waals surface area contributed by atoms with Gasteiger partial charge in [0.05, 0.1) is 29.9 Å². The molecule has 1 heterocycles. The van der Waals surface area contributed by atoms with Crippen LogP contribution in [0.15, 0.2) is 48.5 Å². The number of piperidine rings is 1. The first-order valence-corrected chi connectivity index (χ1v) is 11.1. The van der Waals surface area contributed by atoms with E-state index in [4.69, 9.17) is 9.47 Å². The standard InChI is InChI=1S/C25H27F6NO3/c1-23(2,3)35-22(33)32-11-7-10-20(21(32)17-8-5-4-6-9-17)34-15-16-12-18(24(26,27)28)14-19(13-16)25(29,30)31/h4-6,8-9,12-14,20-21H,7,10-11,15H2,1-3H3/t20?,21-/m0/s1. The molecule has 1 unspecified atom stereocenters. The summed E-state index contributed by atoms with van der Waals surface area (Å²) in [5, 5.41) is 0. The van der Waals surface area contributed by atoms with Crippen molar-refractivity contribution >= 4 is 6.09 Å². The number of alkyl halides is 6. The van der Waals surface area contributed by atoms with Gasteiger partial charge in [0.15, 0.2) is 0 Å². The zero-order valence-electron chi connectivity index (χ0n) is 19.5. The summed E-state index contributed by atoms with van der Waals surface area (Å²) in [5.41, 5.74) is -3.08. The molecule has 0 saturated carbocycles. The van der Waals surface area contributed by atoms with Gasteiger partial charge in [-0.25, -0.2) is 4.79 Å². The molecule has 1 saturated heterocycles. The highest BCUT2D eigenvalue weighted by Gasteiger charge is 2.39. The van der Waals surface area contributed by atoms with Crippen molar-refractivity contribution in [1.29, 1.82) is 0 Å². The quantitative estimate of drug-likeness (QED) is 0.409. The van der Waals surface area contributed by atoms with Gasteiger partial charge in [-0.15, -0.1) is 0 Å². The molecule has 0 aliphatic carbocycles. The van der Waals surface area contributed by atoms with E-state index in [1.807, 2.05) is 0 Å². The lowest BCUT2D eigenvalue weighted by molar-refractivity contribution is -0.143. The summed E-state index contributed by atoms with van der Waals surface area (Å²) in [4.78, 5) is 14.4. The molecule has 3 rings (SSSR count). The van der Waals surface area contributed by atoms with Gasteiger partial charge in [-0.3, -0.25) is 4.90 Å². The van der Waals surface area contributed by atoms with Gasteiger partial charge < -0.3 is 9.47 Å². The van der Waals surface area contributed by atoms with Gasteiger partial charge in [0, 0.05) is 6.54 Å². The Bertz CT molecular complexity index is 982. The Kier molecular flexibility index (Phi) is 7.74. The van der Waals surface area contributed by atoms with E-state index in [0.717, 1.165) is 5.56 Å². The van der Waals surface area contributed by atoms with Crippen LogP contribution in [0.25, 0.3) is 0 Å². The van der Waals surface area contributed by atoms with E-state index in [1.165, 1.54) is 4.90 Å². The van der Waals surface area contributed by atoms with E-state index in [2.05, 4.69) is 0 Å². The molecule has 35 heavy (non-hydrogen) atoms. The molecule has 192 valence electrons. The summed E-state index contributed by atoms with van der Waals surface area (Å²) in [6, 6.07) is 9.69. The lowest BCUT2D eigenvalue weighted by Crippen LogP contribution is -2.47. The molecule has 4 nitrogen and oxygen atoms in total. The molecule has 0 bridgehead atoms. The number of amides is 1. The maximum absolute atomic E-state index is 13.2. The summed E-state index contributed by atoms with van der Waals surface area (Å²) >= 11 is 0. The molecule has 1 aliphatic heterocycles.